The molecule has 0 radical (unpaired) electrons. The highest BCUT2D eigenvalue weighted by Gasteiger charge is 1.97. The Morgan fingerprint density at radius 3 is 2.40 bits per heavy atom. The number of aliphatic imine (C=N–C) groups is 1. The Morgan fingerprint density at radius 2 is 2.10 bits per heavy atom. The number of rotatable bonds is 2. The summed E-state index contributed by atoms with van der Waals surface area (Å²) in [5, 5.41) is 7.23. The summed E-state index contributed by atoms with van der Waals surface area (Å²) in [7, 11) is 1.82. The highest BCUT2D eigenvalue weighted by molar-refractivity contribution is 5.77. The molecule has 0 bridgehead atoms. The third-order valence-corrected chi connectivity index (χ3v) is 1.31. The topological polar surface area (TPSA) is 39.5 Å². The highest BCUT2D eigenvalue weighted by atomic mass is 15.1. The van der Waals surface area contributed by atoms with Gasteiger partial charge in [-0.2, -0.15) is 0 Å². The summed E-state index contributed by atoms with van der Waals surface area (Å²) in [6.07, 6.45) is 1.62. The van der Waals surface area contributed by atoms with E-state index in [9.17, 15) is 0 Å². The second-order valence-electron chi connectivity index (χ2n) is 2.10. The van der Waals surface area contributed by atoms with Crippen LogP contribution in [0.1, 0.15) is 13.8 Å². The SMILES string of the molecule is C=N/C=C(\C)N(C)C(C)=N. The molecule has 3 nitrogen and oxygen atoms in total. The standard InChI is InChI=1S/C7H13N3/c1-6(5-9-3)10(4)7(2)8/h5,8H,3H2,1-2,4H3/b6-5+,8-7?. The van der Waals surface area contributed by atoms with Crippen molar-refractivity contribution in [2.24, 2.45) is 4.99 Å². The predicted octanol–water partition coefficient (Wildman–Crippen LogP) is 1.48. The third-order valence-electron chi connectivity index (χ3n) is 1.31. The zero-order valence-electron chi connectivity index (χ0n) is 6.68. The van der Waals surface area contributed by atoms with E-state index >= 15 is 0 Å². The second-order valence-corrected chi connectivity index (χ2v) is 2.10. The molecular weight excluding hydrogens is 126 g/mol. The van der Waals surface area contributed by atoms with Crippen LogP contribution in [0.15, 0.2) is 16.9 Å². The molecule has 56 valence electrons. The lowest BCUT2D eigenvalue weighted by molar-refractivity contribution is 0.616. The number of allylic oxidation sites excluding steroid dienone is 1. The van der Waals surface area contributed by atoms with Gasteiger partial charge in [-0.25, -0.2) is 0 Å². The predicted molar refractivity (Wildman–Crippen MR) is 44.5 cm³/mol. The van der Waals surface area contributed by atoms with Crippen LogP contribution < -0.4 is 0 Å². The van der Waals surface area contributed by atoms with E-state index in [0.29, 0.717) is 5.84 Å². The van der Waals surface area contributed by atoms with Gasteiger partial charge >= 0.3 is 0 Å². The van der Waals surface area contributed by atoms with Gasteiger partial charge in [0.15, 0.2) is 0 Å². The van der Waals surface area contributed by atoms with E-state index in [-0.39, 0.29) is 0 Å². The molecule has 0 atom stereocenters. The van der Waals surface area contributed by atoms with Crippen molar-refractivity contribution in [1.82, 2.24) is 4.90 Å². The molecule has 0 aliphatic carbocycles. The van der Waals surface area contributed by atoms with Gasteiger partial charge < -0.3 is 4.90 Å². The average molecular weight is 139 g/mol. The fourth-order valence-electron chi connectivity index (χ4n) is 0.483. The molecule has 0 saturated heterocycles. The largest absolute Gasteiger partial charge is 0.336 e. The van der Waals surface area contributed by atoms with Gasteiger partial charge in [0.2, 0.25) is 0 Å². The van der Waals surface area contributed by atoms with E-state index in [1.807, 2.05) is 14.0 Å². The van der Waals surface area contributed by atoms with Crippen molar-refractivity contribution in [3.63, 3.8) is 0 Å². The fraction of sp³-hybridized carbons (Fsp3) is 0.429. The van der Waals surface area contributed by atoms with Gasteiger partial charge in [-0.05, 0) is 20.6 Å². The zero-order valence-corrected chi connectivity index (χ0v) is 6.68. The van der Waals surface area contributed by atoms with Crippen molar-refractivity contribution >= 4 is 12.6 Å². The molecular formula is C7H13N3. The van der Waals surface area contributed by atoms with Crippen LogP contribution in [0.2, 0.25) is 0 Å². The van der Waals surface area contributed by atoms with E-state index in [1.165, 1.54) is 0 Å². The highest BCUT2D eigenvalue weighted by Crippen LogP contribution is 1.99. The van der Waals surface area contributed by atoms with Gasteiger partial charge in [-0.1, -0.05) is 0 Å². The molecule has 0 aromatic carbocycles. The van der Waals surface area contributed by atoms with Crippen molar-refractivity contribution in [3.8, 4) is 0 Å². The molecule has 0 aliphatic heterocycles. The summed E-state index contributed by atoms with van der Waals surface area (Å²) in [5.74, 6) is 0.498. The fourth-order valence-corrected chi connectivity index (χ4v) is 0.483. The minimum Gasteiger partial charge on any atom is -0.336 e. The summed E-state index contributed by atoms with van der Waals surface area (Å²) in [5.41, 5.74) is 0.919. The Balaban J connectivity index is 4.19. The number of nitrogens with zero attached hydrogens (tertiary/aromatic N) is 2. The Kier molecular flexibility index (Phi) is 3.39. The van der Waals surface area contributed by atoms with Crippen molar-refractivity contribution in [1.29, 1.82) is 5.41 Å². The molecule has 0 saturated carbocycles. The number of hydrogen-bond donors (Lipinski definition) is 1. The van der Waals surface area contributed by atoms with E-state index in [0.717, 1.165) is 5.70 Å². The average Bonchev–Trinajstić information content (AvgIpc) is 1.87. The van der Waals surface area contributed by atoms with E-state index < -0.39 is 0 Å². The van der Waals surface area contributed by atoms with Crippen LogP contribution in [0.3, 0.4) is 0 Å². The molecule has 0 spiro atoms. The van der Waals surface area contributed by atoms with Gasteiger partial charge in [0.25, 0.3) is 0 Å². The Bertz CT molecular complexity index is 170. The number of amidine groups is 1. The van der Waals surface area contributed by atoms with Gasteiger partial charge in [0.05, 0.1) is 5.84 Å². The smallest absolute Gasteiger partial charge is 0.0965 e. The van der Waals surface area contributed by atoms with E-state index in [4.69, 9.17) is 5.41 Å². The molecule has 0 aromatic rings. The van der Waals surface area contributed by atoms with Crippen molar-refractivity contribution < 1.29 is 0 Å². The van der Waals surface area contributed by atoms with Crippen molar-refractivity contribution in [3.05, 3.63) is 11.9 Å². The normalized spacial score (nSPS) is 10.9. The second kappa shape index (κ2) is 3.82. The van der Waals surface area contributed by atoms with Gasteiger partial charge in [0, 0.05) is 18.9 Å². The first-order valence-corrected chi connectivity index (χ1v) is 3.01. The van der Waals surface area contributed by atoms with Gasteiger partial charge in [-0.15, -0.1) is 0 Å². The summed E-state index contributed by atoms with van der Waals surface area (Å²) in [4.78, 5) is 5.32. The Labute approximate surface area is 61.6 Å². The van der Waals surface area contributed by atoms with Gasteiger partial charge in [0.1, 0.15) is 0 Å². The van der Waals surface area contributed by atoms with Gasteiger partial charge in [-0.3, -0.25) is 10.4 Å². The minimum absolute atomic E-state index is 0.498. The number of hydrogen-bond acceptors (Lipinski definition) is 2. The molecule has 10 heavy (non-hydrogen) atoms. The first-order valence-electron chi connectivity index (χ1n) is 3.01. The Morgan fingerprint density at radius 1 is 1.60 bits per heavy atom. The number of nitrogens with one attached hydrogen (secondary N) is 1. The molecule has 0 rings (SSSR count). The third kappa shape index (κ3) is 2.44. The summed E-state index contributed by atoms with van der Waals surface area (Å²) >= 11 is 0. The monoisotopic (exact) mass is 139 g/mol. The molecule has 1 N–H and O–H groups in total. The van der Waals surface area contributed by atoms with Crippen molar-refractivity contribution in [2.45, 2.75) is 13.8 Å². The quantitative estimate of drug-likeness (QED) is 0.456. The van der Waals surface area contributed by atoms with Crippen LogP contribution >= 0.6 is 0 Å². The summed E-state index contributed by atoms with van der Waals surface area (Å²) in [6.45, 7) is 6.92. The van der Waals surface area contributed by atoms with Crippen LogP contribution in [-0.2, 0) is 0 Å². The molecule has 0 fully saturated rings. The minimum atomic E-state index is 0.498. The maximum atomic E-state index is 7.23. The molecule has 0 aliphatic rings. The molecule has 3 heteroatoms. The molecule has 0 amide bonds. The summed E-state index contributed by atoms with van der Waals surface area (Å²) in [6, 6.07) is 0. The van der Waals surface area contributed by atoms with Crippen LogP contribution in [0.4, 0.5) is 0 Å². The molecule has 0 unspecified atom stereocenters. The molecule has 0 aromatic heterocycles. The first kappa shape index (κ1) is 8.88. The van der Waals surface area contributed by atoms with Crippen molar-refractivity contribution in [2.75, 3.05) is 7.05 Å². The van der Waals surface area contributed by atoms with Crippen LogP contribution in [0.25, 0.3) is 0 Å². The molecule has 0 heterocycles. The van der Waals surface area contributed by atoms with Crippen LogP contribution in [0, 0.1) is 5.41 Å². The lowest BCUT2D eigenvalue weighted by Crippen LogP contribution is -2.20. The maximum Gasteiger partial charge on any atom is 0.0965 e. The lowest BCUT2D eigenvalue weighted by Gasteiger charge is -2.16. The first-order chi connectivity index (χ1) is 4.59. The Hall–Kier alpha value is -1.12. The maximum absolute atomic E-state index is 7.23. The zero-order chi connectivity index (χ0) is 8.15. The van der Waals surface area contributed by atoms with Crippen LogP contribution in [-0.4, -0.2) is 24.5 Å². The van der Waals surface area contributed by atoms with E-state index in [2.05, 4.69) is 11.7 Å². The lowest BCUT2D eigenvalue weighted by atomic mass is 10.4. The summed E-state index contributed by atoms with van der Waals surface area (Å²) < 4.78 is 0. The van der Waals surface area contributed by atoms with E-state index in [1.54, 1.807) is 18.0 Å². The van der Waals surface area contributed by atoms with Crippen LogP contribution in [0.5, 0.6) is 0 Å².